The van der Waals surface area contributed by atoms with Gasteiger partial charge in [-0.15, -0.1) is 0 Å². The Morgan fingerprint density at radius 3 is 2.88 bits per heavy atom. The highest BCUT2D eigenvalue weighted by atomic mass is 32.2. The van der Waals surface area contributed by atoms with Gasteiger partial charge in [0.1, 0.15) is 5.52 Å². The number of nitrogens with zero attached hydrogens (tertiary/aromatic N) is 4. The van der Waals surface area contributed by atoms with E-state index in [0.29, 0.717) is 22.6 Å². The average molecular weight is 342 g/mol. The molecule has 0 saturated carbocycles. The molecule has 0 fully saturated rings. The number of aryl methyl sites for hydroxylation is 1. The molecule has 1 amide bonds. The molecule has 0 bridgehead atoms. The molecule has 0 spiro atoms. The van der Waals surface area contributed by atoms with E-state index in [-0.39, 0.29) is 5.91 Å². The highest BCUT2D eigenvalue weighted by molar-refractivity contribution is 7.98. The number of amides is 1. The van der Waals surface area contributed by atoms with Gasteiger partial charge in [-0.1, -0.05) is 0 Å². The fourth-order valence-electron chi connectivity index (χ4n) is 2.46. The molecule has 3 heterocycles. The normalized spacial score (nSPS) is 10.9. The lowest BCUT2D eigenvalue weighted by Gasteiger charge is -2.10. The summed E-state index contributed by atoms with van der Waals surface area (Å²) in [5.74, 6) is 1.12. The van der Waals surface area contributed by atoms with Crippen molar-refractivity contribution in [1.29, 1.82) is 0 Å². The first-order chi connectivity index (χ1) is 11.7. The predicted octanol–water partition coefficient (Wildman–Crippen LogP) is 2.41. The number of rotatable bonds is 6. The molecule has 0 unspecified atom stereocenters. The van der Waals surface area contributed by atoms with E-state index >= 15 is 0 Å². The zero-order valence-electron chi connectivity index (χ0n) is 13.3. The number of fused-ring (bicyclic) bond motifs is 1. The van der Waals surface area contributed by atoms with E-state index in [4.69, 9.17) is 5.73 Å². The molecule has 3 aromatic heterocycles. The largest absolute Gasteiger partial charge is 0.382 e. The van der Waals surface area contributed by atoms with Crippen molar-refractivity contribution in [2.45, 2.75) is 13.0 Å². The number of imidazole rings is 1. The summed E-state index contributed by atoms with van der Waals surface area (Å²) >= 11 is 1.79. The highest BCUT2D eigenvalue weighted by Gasteiger charge is 2.17. The summed E-state index contributed by atoms with van der Waals surface area (Å²) in [6.45, 7) is 0.774. The van der Waals surface area contributed by atoms with Crippen molar-refractivity contribution in [3.8, 4) is 0 Å². The summed E-state index contributed by atoms with van der Waals surface area (Å²) in [5.41, 5.74) is 8.32. The first-order valence-electron chi connectivity index (χ1n) is 7.50. The van der Waals surface area contributed by atoms with Gasteiger partial charge in [0.2, 0.25) is 0 Å². The Balaban J connectivity index is 1.95. The Hall–Kier alpha value is -2.61. The molecule has 3 N–H and O–H groups in total. The molecule has 8 heteroatoms. The van der Waals surface area contributed by atoms with Crippen molar-refractivity contribution in [1.82, 2.24) is 19.5 Å². The number of pyridine rings is 2. The number of nitrogen functional groups attached to an aromatic ring is 1. The van der Waals surface area contributed by atoms with Gasteiger partial charge >= 0.3 is 0 Å². The van der Waals surface area contributed by atoms with Gasteiger partial charge in [-0.05, 0) is 30.6 Å². The van der Waals surface area contributed by atoms with Gasteiger partial charge in [-0.2, -0.15) is 11.8 Å². The highest BCUT2D eigenvalue weighted by Crippen LogP contribution is 2.23. The molecule has 3 rings (SSSR count). The van der Waals surface area contributed by atoms with E-state index in [0.717, 1.165) is 24.2 Å². The maximum atomic E-state index is 12.7. The number of aromatic nitrogens is 4. The molecule has 24 heavy (non-hydrogen) atoms. The summed E-state index contributed by atoms with van der Waals surface area (Å²) in [7, 11) is 0. The Morgan fingerprint density at radius 2 is 2.12 bits per heavy atom. The fourth-order valence-corrected chi connectivity index (χ4v) is 2.87. The second-order valence-electron chi connectivity index (χ2n) is 5.23. The smallest absolute Gasteiger partial charge is 0.259 e. The minimum Gasteiger partial charge on any atom is -0.382 e. The van der Waals surface area contributed by atoms with Crippen molar-refractivity contribution in [2.24, 2.45) is 0 Å². The number of thioether (sulfide) groups is 1. The number of nitrogens with one attached hydrogen (secondary N) is 1. The van der Waals surface area contributed by atoms with Crippen LogP contribution in [0.3, 0.4) is 0 Å². The molecular weight excluding hydrogens is 324 g/mol. The molecule has 0 aliphatic carbocycles. The quantitative estimate of drug-likeness (QED) is 0.668. The van der Waals surface area contributed by atoms with E-state index in [1.807, 2.05) is 4.57 Å². The Kier molecular flexibility index (Phi) is 4.95. The van der Waals surface area contributed by atoms with Crippen molar-refractivity contribution in [2.75, 3.05) is 23.1 Å². The third kappa shape index (κ3) is 3.33. The van der Waals surface area contributed by atoms with Crippen LogP contribution in [-0.4, -0.2) is 37.4 Å². The third-order valence-electron chi connectivity index (χ3n) is 3.60. The zero-order valence-corrected chi connectivity index (χ0v) is 14.1. The number of carbonyl (C=O) groups is 1. The molecule has 0 atom stereocenters. The van der Waals surface area contributed by atoms with Gasteiger partial charge in [-0.25, -0.2) is 9.97 Å². The molecule has 0 saturated heterocycles. The summed E-state index contributed by atoms with van der Waals surface area (Å²) in [5, 5.41) is 2.85. The van der Waals surface area contributed by atoms with Crippen molar-refractivity contribution >= 4 is 40.2 Å². The van der Waals surface area contributed by atoms with E-state index in [1.54, 1.807) is 42.6 Å². The van der Waals surface area contributed by atoms with Crippen LogP contribution in [0.4, 0.5) is 11.5 Å². The van der Waals surface area contributed by atoms with Crippen molar-refractivity contribution in [3.05, 3.63) is 42.6 Å². The average Bonchev–Trinajstić information content (AvgIpc) is 3.01. The summed E-state index contributed by atoms with van der Waals surface area (Å²) in [6.07, 6.45) is 9.52. The maximum Gasteiger partial charge on any atom is 0.259 e. The number of anilines is 2. The van der Waals surface area contributed by atoms with Crippen LogP contribution in [0.5, 0.6) is 0 Å². The van der Waals surface area contributed by atoms with E-state index in [9.17, 15) is 4.79 Å². The lowest BCUT2D eigenvalue weighted by Crippen LogP contribution is -2.15. The monoisotopic (exact) mass is 342 g/mol. The van der Waals surface area contributed by atoms with Crippen molar-refractivity contribution in [3.63, 3.8) is 0 Å². The SMILES string of the molecule is CSCCCn1cnc2c(N)ncc(C(=O)Nc3ccncc3)c21. The lowest BCUT2D eigenvalue weighted by molar-refractivity contribution is 0.102. The molecular formula is C16H18N6OS. The molecule has 7 nitrogen and oxygen atoms in total. The maximum absolute atomic E-state index is 12.7. The number of nitrogens with two attached hydrogens (primary N) is 1. The minimum atomic E-state index is -0.245. The molecule has 0 aromatic carbocycles. The van der Waals surface area contributed by atoms with Crippen LogP contribution >= 0.6 is 11.8 Å². The van der Waals surface area contributed by atoms with Gasteiger partial charge < -0.3 is 15.6 Å². The second kappa shape index (κ2) is 7.31. The van der Waals surface area contributed by atoms with Gasteiger partial charge in [0.05, 0.1) is 17.4 Å². The first-order valence-corrected chi connectivity index (χ1v) is 8.89. The van der Waals surface area contributed by atoms with E-state index in [2.05, 4.69) is 26.5 Å². The van der Waals surface area contributed by atoms with Crippen LogP contribution in [0.25, 0.3) is 11.0 Å². The van der Waals surface area contributed by atoms with Crippen LogP contribution in [0.2, 0.25) is 0 Å². The summed E-state index contributed by atoms with van der Waals surface area (Å²) in [4.78, 5) is 25.0. The molecule has 0 aliphatic heterocycles. The zero-order chi connectivity index (χ0) is 16.9. The van der Waals surface area contributed by atoms with Crippen LogP contribution in [0.15, 0.2) is 37.1 Å². The third-order valence-corrected chi connectivity index (χ3v) is 4.30. The second-order valence-corrected chi connectivity index (χ2v) is 6.21. The number of carbonyl (C=O) groups excluding carboxylic acids is 1. The van der Waals surface area contributed by atoms with Crippen LogP contribution in [0, 0.1) is 0 Å². The standard InChI is InChI=1S/C16H18N6OS/c1-24-8-2-7-22-10-20-13-14(22)12(9-19-15(13)17)16(23)21-11-3-5-18-6-4-11/h3-6,9-10H,2,7-8H2,1H3,(H2,17,19)(H,18,21,23). The number of hydrogen-bond donors (Lipinski definition) is 2. The lowest BCUT2D eigenvalue weighted by atomic mass is 10.2. The molecule has 3 aromatic rings. The van der Waals surface area contributed by atoms with E-state index < -0.39 is 0 Å². The number of hydrogen-bond acceptors (Lipinski definition) is 6. The fraction of sp³-hybridized carbons (Fsp3) is 0.250. The molecule has 0 aliphatic rings. The summed E-state index contributed by atoms with van der Waals surface area (Å²) in [6, 6.07) is 3.46. The van der Waals surface area contributed by atoms with E-state index in [1.165, 1.54) is 6.20 Å². The van der Waals surface area contributed by atoms with Gasteiger partial charge in [0.15, 0.2) is 5.82 Å². The van der Waals surface area contributed by atoms with Crippen molar-refractivity contribution < 1.29 is 4.79 Å². The van der Waals surface area contributed by atoms with Crippen LogP contribution in [0.1, 0.15) is 16.8 Å². The first kappa shape index (κ1) is 16.3. The summed E-state index contributed by atoms with van der Waals surface area (Å²) < 4.78 is 1.96. The Bertz CT molecular complexity index is 848. The van der Waals surface area contributed by atoms with Crippen LogP contribution < -0.4 is 11.1 Å². The van der Waals surface area contributed by atoms with Gasteiger partial charge in [0.25, 0.3) is 5.91 Å². The minimum absolute atomic E-state index is 0.245. The Labute approximate surface area is 143 Å². The van der Waals surface area contributed by atoms with Gasteiger partial charge in [-0.3, -0.25) is 9.78 Å². The Morgan fingerprint density at radius 1 is 1.33 bits per heavy atom. The van der Waals surface area contributed by atoms with Crippen LogP contribution in [-0.2, 0) is 6.54 Å². The predicted molar refractivity (Wildman–Crippen MR) is 97.1 cm³/mol. The van der Waals surface area contributed by atoms with Gasteiger partial charge in [0, 0.05) is 30.8 Å². The topological polar surface area (TPSA) is 98.7 Å². The molecule has 124 valence electrons. The molecule has 0 radical (unpaired) electrons.